The first-order chi connectivity index (χ1) is 21.9. The Morgan fingerprint density at radius 3 is 1.96 bits per heavy atom. The molecule has 0 aliphatic heterocycles. The molecule has 7 heteroatoms. The Hall–Kier alpha value is -3.42. The molecule has 0 radical (unpaired) electrons. The Bertz CT molecular complexity index is 1510. The van der Waals surface area contributed by atoms with Crippen LogP contribution in [0.1, 0.15) is 96.7 Å². The molecule has 3 aromatic carbocycles. The minimum atomic E-state index is -2.98. The number of methoxy groups -OCH3 is 1. The van der Waals surface area contributed by atoms with E-state index in [0.29, 0.717) is 17.2 Å². The topological polar surface area (TPSA) is 71.1 Å². The number of carbonyl (C=O) groups excluding carboxylic acids is 2. The molecule has 6 nitrogen and oxygen atoms in total. The lowest BCUT2D eigenvalue weighted by Gasteiger charge is -2.57. The molecule has 0 heterocycles. The lowest BCUT2D eigenvalue weighted by atomic mass is 9.48. The van der Waals surface area contributed by atoms with Crippen LogP contribution in [0.3, 0.4) is 0 Å². The molecule has 1 atom stereocenters. The molecule has 0 saturated heterocycles. The maximum atomic E-state index is 13.9. The van der Waals surface area contributed by atoms with E-state index in [1.54, 1.807) is 19.2 Å². The van der Waals surface area contributed by atoms with E-state index in [4.69, 9.17) is 18.3 Å². The van der Waals surface area contributed by atoms with Gasteiger partial charge in [0.25, 0.3) is 0 Å². The SMILES string of the molecule is COc1ccc(C(=O)O[Si](C)(CC(C)(C)C)OCc2ccc(C(=O)OCc3ccccc3)cc2)cc1C12CC3CC(CC(C3)C1)C2. The van der Waals surface area contributed by atoms with E-state index in [2.05, 4.69) is 26.8 Å². The summed E-state index contributed by atoms with van der Waals surface area (Å²) in [5.74, 6) is 2.55. The van der Waals surface area contributed by atoms with Gasteiger partial charge in [0.15, 0.2) is 0 Å². The van der Waals surface area contributed by atoms with Gasteiger partial charge < -0.3 is 18.3 Å². The lowest BCUT2D eigenvalue weighted by Crippen LogP contribution is -2.48. The van der Waals surface area contributed by atoms with Crippen LogP contribution in [0, 0.1) is 23.2 Å². The highest BCUT2D eigenvalue weighted by Crippen LogP contribution is 2.62. The first kappa shape index (κ1) is 32.5. The van der Waals surface area contributed by atoms with Crippen LogP contribution in [0.2, 0.25) is 12.6 Å². The smallest absolute Gasteiger partial charge is 0.399 e. The first-order valence-electron chi connectivity index (χ1n) is 16.8. The van der Waals surface area contributed by atoms with Crippen molar-refractivity contribution in [1.29, 1.82) is 0 Å². The molecule has 4 fully saturated rings. The Morgan fingerprint density at radius 2 is 1.37 bits per heavy atom. The average Bonchev–Trinajstić information content (AvgIpc) is 3.01. The van der Waals surface area contributed by atoms with Gasteiger partial charge in [-0.1, -0.05) is 63.2 Å². The van der Waals surface area contributed by atoms with E-state index < -0.39 is 8.56 Å². The summed E-state index contributed by atoms with van der Waals surface area (Å²) in [4.78, 5) is 26.4. The summed E-state index contributed by atoms with van der Waals surface area (Å²) >= 11 is 0. The van der Waals surface area contributed by atoms with Gasteiger partial charge in [-0.25, -0.2) is 9.59 Å². The standard InChI is InChI=1S/C39H48O6Si/c1-38(2,3)26-46(5,44-25-28-11-13-32(14-12-28)36(40)43-24-27-9-7-6-8-10-27)45-37(41)33-15-16-35(42-4)34(20-33)39-21-29-17-30(22-39)19-31(18-29)23-39/h6-16,20,29-31H,17-19,21-26H2,1-5H3. The quantitative estimate of drug-likeness (QED) is 0.154. The van der Waals surface area contributed by atoms with Crippen LogP contribution in [0.4, 0.5) is 0 Å². The van der Waals surface area contributed by atoms with Gasteiger partial charge in [-0.2, -0.15) is 0 Å². The third kappa shape index (κ3) is 7.42. The minimum absolute atomic E-state index is 0.0964. The van der Waals surface area contributed by atoms with Gasteiger partial charge >= 0.3 is 20.5 Å². The van der Waals surface area contributed by atoms with Crippen LogP contribution >= 0.6 is 0 Å². The Morgan fingerprint density at radius 1 is 0.783 bits per heavy atom. The Kier molecular flexibility index (Phi) is 9.19. The third-order valence-electron chi connectivity index (χ3n) is 10.2. The third-order valence-corrected chi connectivity index (χ3v) is 13.2. The molecule has 0 aromatic heterocycles. The van der Waals surface area contributed by atoms with Crippen molar-refractivity contribution in [3.8, 4) is 5.75 Å². The lowest BCUT2D eigenvalue weighted by molar-refractivity contribution is -0.00618. The molecule has 46 heavy (non-hydrogen) atoms. The van der Waals surface area contributed by atoms with E-state index >= 15 is 0 Å². The van der Waals surface area contributed by atoms with Crippen molar-refractivity contribution in [3.05, 3.63) is 101 Å². The van der Waals surface area contributed by atoms with Crippen molar-refractivity contribution in [2.75, 3.05) is 7.11 Å². The number of hydrogen-bond donors (Lipinski definition) is 0. The molecule has 0 N–H and O–H groups in total. The van der Waals surface area contributed by atoms with Gasteiger partial charge in [-0.05, 0) is 115 Å². The molecule has 0 spiro atoms. The van der Waals surface area contributed by atoms with Crippen LogP contribution < -0.4 is 4.74 Å². The zero-order valence-corrected chi connectivity index (χ0v) is 29.0. The van der Waals surface area contributed by atoms with Crippen LogP contribution in [0.5, 0.6) is 5.75 Å². The fourth-order valence-corrected chi connectivity index (χ4v) is 11.9. The van der Waals surface area contributed by atoms with Crippen LogP contribution in [-0.2, 0) is 32.2 Å². The molecule has 4 bridgehead atoms. The fourth-order valence-electron chi connectivity index (χ4n) is 8.80. The van der Waals surface area contributed by atoms with E-state index in [1.165, 1.54) is 44.1 Å². The second-order valence-corrected chi connectivity index (χ2v) is 18.5. The van der Waals surface area contributed by atoms with E-state index in [-0.39, 0.29) is 36.0 Å². The highest BCUT2D eigenvalue weighted by Gasteiger charge is 2.52. The van der Waals surface area contributed by atoms with E-state index in [0.717, 1.165) is 34.6 Å². The molecule has 1 unspecified atom stereocenters. The van der Waals surface area contributed by atoms with Gasteiger partial charge in [-0.3, -0.25) is 0 Å². The molecular formula is C39H48O6Si. The van der Waals surface area contributed by atoms with Gasteiger partial charge in [-0.15, -0.1) is 0 Å². The second-order valence-electron chi connectivity index (χ2n) is 15.4. The molecule has 0 amide bonds. The van der Waals surface area contributed by atoms with Gasteiger partial charge in [0, 0.05) is 11.6 Å². The van der Waals surface area contributed by atoms with Crippen molar-refractivity contribution < 1.29 is 27.9 Å². The summed E-state index contributed by atoms with van der Waals surface area (Å²) in [6, 6.07) is 23.4. The number of rotatable bonds is 11. The maximum absolute atomic E-state index is 13.9. The highest BCUT2D eigenvalue weighted by molar-refractivity contribution is 6.68. The van der Waals surface area contributed by atoms with Crippen LogP contribution in [-0.4, -0.2) is 27.6 Å². The molecular weight excluding hydrogens is 593 g/mol. The van der Waals surface area contributed by atoms with Crippen molar-refractivity contribution >= 4 is 20.5 Å². The Labute approximate surface area is 275 Å². The minimum Gasteiger partial charge on any atom is -0.496 e. The van der Waals surface area contributed by atoms with Crippen LogP contribution in [0.15, 0.2) is 72.8 Å². The van der Waals surface area contributed by atoms with Gasteiger partial charge in [0.05, 0.1) is 24.8 Å². The molecule has 4 aliphatic carbocycles. The van der Waals surface area contributed by atoms with Crippen molar-refractivity contribution in [3.63, 3.8) is 0 Å². The largest absolute Gasteiger partial charge is 0.496 e. The number of hydrogen-bond acceptors (Lipinski definition) is 6. The zero-order valence-electron chi connectivity index (χ0n) is 28.0. The van der Waals surface area contributed by atoms with Crippen molar-refractivity contribution in [1.82, 2.24) is 0 Å². The molecule has 4 saturated carbocycles. The average molecular weight is 641 g/mol. The summed E-state index contributed by atoms with van der Waals surface area (Å²) in [6.45, 7) is 8.92. The molecule has 244 valence electrons. The van der Waals surface area contributed by atoms with Crippen molar-refractivity contribution in [2.45, 2.75) is 90.5 Å². The van der Waals surface area contributed by atoms with E-state index in [1.807, 2.05) is 61.1 Å². The number of carbonyl (C=O) groups is 2. The summed E-state index contributed by atoms with van der Waals surface area (Å²) in [5, 5.41) is 0. The maximum Gasteiger partial charge on any atom is 0.399 e. The fraction of sp³-hybridized carbons (Fsp3) is 0.487. The number of esters is 1. The second kappa shape index (κ2) is 13.0. The monoisotopic (exact) mass is 640 g/mol. The van der Waals surface area contributed by atoms with Gasteiger partial charge in [0.2, 0.25) is 0 Å². The van der Waals surface area contributed by atoms with E-state index in [9.17, 15) is 9.59 Å². The van der Waals surface area contributed by atoms with Gasteiger partial charge in [0.1, 0.15) is 12.4 Å². The molecule has 7 rings (SSSR count). The van der Waals surface area contributed by atoms with Crippen molar-refractivity contribution in [2.24, 2.45) is 23.2 Å². The zero-order chi connectivity index (χ0) is 32.5. The first-order valence-corrected chi connectivity index (χ1v) is 19.3. The molecule has 4 aliphatic rings. The predicted molar refractivity (Wildman–Crippen MR) is 181 cm³/mol. The summed E-state index contributed by atoms with van der Waals surface area (Å²) < 4.78 is 24.2. The number of benzene rings is 3. The Balaban J connectivity index is 1.14. The summed E-state index contributed by atoms with van der Waals surface area (Å²) in [6.07, 6.45) is 7.65. The molecule has 3 aromatic rings. The predicted octanol–water partition coefficient (Wildman–Crippen LogP) is 9.01. The summed E-state index contributed by atoms with van der Waals surface area (Å²) in [5.41, 5.74) is 4.08. The summed E-state index contributed by atoms with van der Waals surface area (Å²) in [7, 11) is -1.25. The van der Waals surface area contributed by atoms with Crippen LogP contribution in [0.25, 0.3) is 0 Å². The normalized spacial score (nSPS) is 24.7. The number of ether oxygens (including phenoxy) is 2. The highest BCUT2D eigenvalue weighted by atomic mass is 28.4.